The number of carbonyl (C=O) groups excluding carboxylic acids is 2. The molecule has 4 aromatic rings. The van der Waals surface area contributed by atoms with Gasteiger partial charge >= 0.3 is 0 Å². The maximum Gasteiger partial charge on any atom is 0.276 e. The Labute approximate surface area is 241 Å². The Bertz CT molecular complexity index is 1570. The summed E-state index contributed by atoms with van der Waals surface area (Å²) in [5.41, 5.74) is 8.41. The summed E-state index contributed by atoms with van der Waals surface area (Å²) in [7, 11) is 0. The van der Waals surface area contributed by atoms with Crippen molar-refractivity contribution >= 4 is 34.7 Å². The van der Waals surface area contributed by atoms with Crippen molar-refractivity contribution in [1.29, 1.82) is 0 Å². The smallest absolute Gasteiger partial charge is 0.276 e. The molecule has 2 fully saturated rings. The number of nitrogens with two attached hydrogens (primary N) is 1. The molecule has 0 aliphatic heterocycles. The largest absolute Gasteiger partial charge is 0.379 e. The van der Waals surface area contributed by atoms with Gasteiger partial charge in [-0.05, 0) is 56.7 Å². The van der Waals surface area contributed by atoms with Crippen molar-refractivity contribution in [3.63, 3.8) is 0 Å². The van der Waals surface area contributed by atoms with E-state index in [0.717, 1.165) is 56.1 Å². The van der Waals surface area contributed by atoms with Crippen LogP contribution >= 0.6 is 0 Å². The van der Waals surface area contributed by atoms with Crippen molar-refractivity contribution < 1.29 is 14.0 Å². The number of imidazole rings is 1. The maximum atomic E-state index is 14.1. The molecule has 4 heterocycles. The van der Waals surface area contributed by atoms with Crippen LogP contribution in [0.25, 0.3) is 5.65 Å². The zero-order valence-electron chi connectivity index (χ0n) is 23.0. The van der Waals surface area contributed by atoms with E-state index >= 15 is 0 Å². The van der Waals surface area contributed by atoms with Crippen LogP contribution in [-0.4, -0.2) is 60.5 Å². The van der Waals surface area contributed by atoms with Crippen LogP contribution < -0.4 is 27.0 Å². The van der Waals surface area contributed by atoms with Gasteiger partial charge in [-0.1, -0.05) is 6.07 Å². The number of rotatable bonds is 10. The monoisotopic (exact) mass is 572 g/mol. The van der Waals surface area contributed by atoms with Crippen LogP contribution in [-0.2, 0) is 11.2 Å². The molecule has 2 aliphatic carbocycles. The number of hydrogen-bond acceptors (Lipinski definition) is 9. The lowest BCUT2D eigenvalue weighted by Crippen LogP contribution is -2.48. The maximum absolute atomic E-state index is 14.1. The first-order chi connectivity index (χ1) is 20.4. The summed E-state index contributed by atoms with van der Waals surface area (Å²) in [6.07, 6.45) is 11.3. The summed E-state index contributed by atoms with van der Waals surface area (Å²) in [6.45, 7) is 0. The van der Waals surface area contributed by atoms with Gasteiger partial charge in [0.1, 0.15) is 5.82 Å². The van der Waals surface area contributed by atoms with Crippen LogP contribution in [0.5, 0.6) is 0 Å². The number of nitrogens with one attached hydrogen (secondary N) is 4. The number of carbonyl (C=O) groups is 2. The van der Waals surface area contributed by atoms with Gasteiger partial charge < -0.3 is 27.0 Å². The third-order valence-electron chi connectivity index (χ3n) is 7.58. The fourth-order valence-corrected chi connectivity index (χ4v) is 5.15. The molecule has 12 nitrogen and oxygen atoms in total. The van der Waals surface area contributed by atoms with Crippen LogP contribution in [0.1, 0.15) is 54.7 Å². The Balaban J connectivity index is 1.11. The highest BCUT2D eigenvalue weighted by Gasteiger charge is 2.27. The highest BCUT2D eigenvalue weighted by Crippen LogP contribution is 2.30. The zero-order chi connectivity index (χ0) is 29.1. The number of hydrogen-bond donors (Lipinski definition) is 5. The molecule has 218 valence electrons. The number of anilines is 3. The van der Waals surface area contributed by atoms with E-state index in [2.05, 4.69) is 41.3 Å². The van der Waals surface area contributed by atoms with E-state index in [4.69, 9.17) is 5.73 Å². The van der Waals surface area contributed by atoms with Crippen molar-refractivity contribution in [2.75, 3.05) is 16.0 Å². The zero-order valence-corrected chi connectivity index (χ0v) is 23.0. The summed E-state index contributed by atoms with van der Waals surface area (Å²) >= 11 is 0. The van der Waals surface area contributed by atoms with Gasteiger partial charge in [0.25, 0.3) is 5.91 Å². The van der Waals surface area contributed by atoms with Gasteiger partial charge in [0.05, 0.1) is 29.8 Å². The van der Waals surface area contributed by atoms with Crippen LogP contribution in [0.3, 0.4) is 0 Å². The third-order valence-corrected chi connectivity index (χ3v) is 7.58. The molecule has 2 aliphatic rings. The predicted octanol–water partition coefficient (Wildman–Crippen LogP) is 2.89. The molecule has 6 rings (SSSR count). The number of halogens is 1. The molecule has 0 radical (unpaired) electrons. The van der Waals surface area contributed by atoms with Crippen LogP contribution in [0.2, 0.25) is 0 Å². The lowest BCUT2D eigenvalue weighted by atomic mass is 9.91. The van der Waals surface area contributed by atoms with E-state index in [-0.39, 0.29) is 29.4 Å². The molecule has 0 bridgehead atoms. The van der Waals surface area contributed by atoms with Gasteiger partial charge in [-0.2, -0.15) is 0 Å². The number of nitrogens with zero attached hydrogens (tertiary/aromatic N) is 5. The Hall–Kier alpha value is -4.65. The molecule has 42 heavy (non-hydrogen) atoms. The Morgan fingerprint density at radius 1 is 0.952 bits per heavy atom. The van der Waals surface area contributed by atoms with Gasteiger partial charge in [0.2, 0.25) is 5.91 Å². The standard InChI is InChI=1S/C29H33FN10O2/c30-21-15-32-12-10-23(21)38-29(42)25-16-34-27-24(35-17-4-5-17)14-26(39-40(25)27)36-18-6-8-19(9-7-18)37-28(41)22(31)13-20-3-1-2-11-33-20/h1-3,10-12,14-19,22,35H,4-9,13,31H2,(H,36,39)(H,37,41)(H,32,38,42)/t18?,19?,22-/m1/s1. The Morgan fingerprint density at radius 2 is 1.71 bits per heavy atom. The molecule has 0 aromatic carbocycles. The number of pyridine rings is 2. The first-order valence-electron chi connectivity index (χ1n) is 14.2. The van der Waals surface area contributed by atoms with Crippen molar-refractivity contribution in [1.82, 2.24) is 29.9 Å². The molecule has 1 atom stereocenters. The summed E-state index contributed by atoms with van der Waals surface area (Å²) in [5.74, 6) is -0.740. The molecule has 4 aromatic heterocycles. The van der Waals surface area contributed by atoms with Crippen LogP contribution in [0, 0.1) is 5.82 Å². The summed E-state index contributed by atoms with van der Waals surface area (Å²) in [4.78, 5) is 38.2. The van der Waals surface area contributed by atoms with Crippen molar-refractivity contribution in [3.8, 4) is 0 Å². The fraction of sp³-hybridized carbons (Fsp3) is 0.379. The van der Waals surface area contributed by atoms with Gasteiger partial charge in [-0.15, -0.1) is 5.10 Å². The van der Waals surface area contributed by atoms with Gasteiger partial charge in [0, 0.05) is 48.7 Å². The second-order valence-electron chi connectivity index (χ2n) is 10.9. The topological polar surface area (TPSA) is 164 Å². The highest BCUT2D eigenvalue weighted by molar-refractivity contribution is 6.03. The van der Waals surface area contributed by atoms with Crippen LogP contribution in [0.15, 0.2) is 55.1 Å². The third kappa shape index (κ3) is 6.46. The minimum Gasteiger partial charge on any atom is -0.379 e. The van der Waals surface area contributed by atoms with Gasteiger partial charge in [0.15, 0.2) is 17.2 Å². The second-order valence-corrected chi connectivity index (χ2v) is 10.9. The first-order valence-corrected chi connectivity index (χ1v) is 14.2. The molecule has 0 spiro atoms. The van der Waals surface area contributed by atoms with Crippen LogP contribution in [0.4, 0.5) is 21.6 Å². The van der Waals surface area contributed by atoms with E-state index < -0.39 is 17.8 Å². The highest BCUT2D eigenvalue weighted by atomic mass is 19.1. The first kappa shape index (κ1) is 27.5. The summed E-state index contributed by atoms with van der Waals surface area (Å²) in [5, 5.41) is 17.3. The molecule has 6 N–H and O–H groups in total. The van der Waals surface area contributed by atoms with E-state index in [9.17, 15) is 14.0 Å². The molecular formula is C29H33FN10O2. The van der Waals surface area contributed by atoms with Gasteiger partial charge in [-0.3, -0.25) is 19.6 Å². The Kier molecular flexibility index (Phi) is 7.91. The SMILES string of the molecule is N[C@H](Cc1ccccn1)C(=O)NC1CCC(Nc2cc(NC3CC3)c3ncc(C(=O)Nc4ccncc4F)n3n2)CC1. The van der Waals surface area contributed by atoms with Crippen molar-refractivity contribution in [2.45, 2.75) is 69.1 Å². The number of aromatic nitrogens is 5. The van der Waals surface area contributed by atoms with E-state index in [1.165, 1.54) is 23.0 Å². The number of amides is 2. The average molecular weight is 573 g/mol. The minimum absolute atomic E-state index is 0.0251. The average Bonchev–Trinajstić information content (AvgIpc) is 3.70. The molecule has 2 saturated carbocycles. The van der Waals surface area contributed by atoms with E-state index in [1.54, 1.807) is 6.20 Å². The van der Waals surface area contributed by atoms with E-state index in [1.807, 2.05) is 24.3 Å². The lowest BCUT2D eigenvalue weighted by Gasteiger charge is -2.30. The summed E-state index contributed by atoms with van der Waals surface area (Å²) < 4.78 is 15.6. The minimum atomic E-state index is -0.652. The predicted molar refractivity (Wildman–Crippen MR) is 156 cm³/mol. The number of fused-ring (bicyclic) bond motifs is 1. The quantitative estimate of drug-likeness (QED) is 0.192. The Morgan fingerprint density at radius 3 is 2.45 bits per heavy atom. The molecular weight excluding hydrogens is 539 g/mol. The lowest BCUT2D eigenvalue weighted by molar-refractivity contribution is -0.123. The fourth-order valence-electron chi connectivity index (χ4n) is 5.15. The van der Waals surface area contributed by atoms with Crippen molar-refractivity contribution in [3.05, 3.63) is 72.3 Å². The normalized spacial score (nSPS) is 19.2. The summed E-state index contributed by atoms with van der Waals surface area (Å²) in [6, 6.07) is 8.76. The van der Waals surface area contributed by atoms with Gasteiger partial charge in [-0.25, -0.2) is 13.9 Å². The van der Waals surface area contributed by atoms with E-state index in [0.29, 0.717) is 23.9 Å². The van der Waals surface area contributed by atoms with Crippen molar-refractivity contribution in [2.24, 2.45) is 5.73 Å². The molecule has 13 heteroatoms. The second kappa shape index (κ2) is 12.1. The molecule has 0 unspecified atom stereocenters. The molecule has 2 amide bonds. The molecule has 0 saturated heterocycles.